The molecule has 0 radical (unpaired) electrons. The number of nitrogen functional groups attached to an aromatic ring is 1. The molecule has 0 bridgehead atoms. The number of benzene rings is 1. The summed E-state index contributed by atoms with van der Waals surface area (Å²) < 4.78 is 10.9. The lowest BCUT2D eigenvalue weighted by atomic mass is 10.1. The van der Waals surface area contributed by atoms with Crippen LogP contribution in [-0.4, -0.2) is 43.2 Å². The van der Waals surface area contributed by atoms with Crippen LogP contribution >= 0.6 is 11.6 Å². The van der Waals surface area contributed by atoms with Crippen LogP contribution < -0.4 is 10.5 Å². The van der Waals surface area contributed by atoms with Gasteiger partial charge in [-0.15, -0.1) is 0 Å². The van der Waals surface area contributed by atoms with Gasteiger partial charge in [0.05, 0.1) is 35.6 Å². The van der Waals surface area contributed by atoms with Gasteiger partial charge in [0.2, 0.25) is 0 Å². The van der Waals surface area contributed by atoms with E-state index in [1.807, 2.05) is 13.8 Å². The number of methoxy groups -OCH3 is 1. The summed E-state index contributed by atoms with van der Waals surface area (Å²) in [7, 11) is 1.50. The average molecular weight is 299 g/mol. The molecule has 6 heteroatoms. The molecule has 2 rings (SSSR count). The van der Waals surface area contributed by atoms with Crippen LogP contribution in [0.4, 0.5) is 5.69 Å². The maximum atomic E-state index is 12.6. The number of rotatable bonds is 2. The first kappa shape index (κ1) is 14.9. The van der Waals surface area contributed by atoms with Crippen molar-refractivity contribution < 1.29 is 14.3 Å². The molecule has 1 aromatic rings. The summed E-state index contributed by atoms with van der Waals surface area (Å²) in [6.45, 7) is 4.99. The minimum absolute atomic E-state index is 0.0120. The molecule has 0 saturated carbocycles. The van der Waals surface area contributed by atoms with Gasteiger partial charge in [0, 0.05) is 19.2 Å². The molecule has 2 unspecified atom stereocenters. The fourth-order valence-corrected chi connectivity index (χ4v) is 2.58. The van der Waals surface area contributed by atoms with E-state index in [2.05, 4.69) is 0 Å². The van der Waals surface area contributed by atoms with E-state index >= 15 is 0 Å². The maximum Gasteiger partial charge on any atom is 0.257 e. The Hall–Kier alpha value is -1.46. The average Bonchev–Trinajstić information content (AvgIpc) is 2.39. The van der Waals surface area contributed by atoms with E-state index in [9.17, 15) is 4.79 Å². The number of anilines is 1. The second kappa shape index (κ2) is 5.89. The van der Waals surface area contributed by atoms with Crippen LogP contribution in [0.2, 0.25) is 5.02 Å². The molecule has 1 fully saturated rings. The zero-order valence-corrected chi connectivity index (χ0v) is 12.6. The van der Waals surface area contributed by atoms with Crippen LogP contribution in [-0.2, 0) is 4.74 Å². The first-order valence-electron chi connectivity index (χ1n) is 6.50. The van der Waals surface area contributed by atoms with E-state index in [1.54, 1.807) is 17.0 Å². The maximum absolute atomic E-state index is 12.6. The Morgan fingerprint density at radius 3 is 2.55 bits per heavy atom. The van der Waals surface area contributed by atoms with Gasteiger partial charge in [0.1, 0.15) is 5.75 Å². The van der Waals surface area contributed by atoms with Crippen molar-refractivity contribution >= 4 is 23.2 Å². The number of ether oxygens (including phenoxy) is 2. The van der Waals surface area contributed by atoms with Gasteiger partial charge in [-0.05, 0) is 19.9 Å². The van der Waals surface area contributed by atoms with Crippen LogP contribution in [0.15, 0.2) is 12.1 Å². The summed E-state index contributed by atoms with van der Waals surface area (Å²) in [6.07, 6.45) is 0.0240. The third kappa shape index (κ3) is 2.99. The van der Waals surface area contributed by atoms with Gasteiger partial charge in [-0.2, -0.15) is 0 Å². The van der Waals surface area contributed by atoms with Gasteiger partial charge in [0.25, 0.3) is 5.91 Å². The first-order valence-corrected chi connectivity index (χ1v) is 6.88. The zero-order valence-electron chi connectivity index (χ0n) is 11.9. The van der Waals surface area contributed by atoms with Crippen LogP contribution in [0.1, 0.15) is 24.2 Å². The van der Waals surface area contributed by atoms with Crippen molar-refractivity contribution in [1.29, 1.82) is 0 Å². The minimum Gasteiger partial charge on any atom is -0.496 e. The van der Waals surface area contributed by atoms with Gasteiger partial charge in [-0.1, -0.05) is 11.6 Å². The number of morpholine rings is 1. The molecule has 1 aliphatic heterocycles. The van der Waals surface area contributed by atoms with Crippen molar-refractivity contribution in [3.8, 4) is 5.75 Å². The molecule has 2 N–H and O–H groups in total. The summed E-state index contributed by atoms with van der Waals surface area (Å²) in [5, 5.41) is 0.350. The van der Waals surface area contributed by atoms with E-state index in [-0.39, 0.29) is 18.1 Å². The zero-order chi connectivity index (χ0) is 14.9. The van der Waals surface area contributed by atoms with Gasteiger partial charge < -0.3 is 20.1 Å². The summed E-state index contributed by atoms with van der Waals surface area (Å²) >= 11 is 6.01. The second-order valence-corrected chi connectivity index (χ2v) is 5.45. The summed E-state index contributed by atoms with van der Waals surface area (Å²) in [6, 6.07) is 3.13. The number of halogens is 1. The van der Waals surface area contributed by atoms with E-state index in [0.717, 1.165) is 0 Å². The smallest absolute Gasteiger partial charge is 0.257 e. The van der Waals surface area contributed by atoms with Gasteiger partial charge in [-0.3, -0.25) is 4.79 Å². The highest BCUT2D eigenvalue weighted by atomic mass is 35.5. The molecule has 1 aliphatic rings. The number of carbonyl (C=O) groups is 1. The molecule has 0 spiro atoms. The highest BCUT2D eigenvalue weighted by Gasteiger charge is 2.28. The number of carbonyl (C=O) groups excluding carboxylic acids is 1. The van der Waals surface area contributed by atoms with Crippen LogP contribution in [0, 0.1) is 0 Å². The third-order valence-corrected chi connectivity index (χ3v) is 3.58. The number of hydrogen-bond acceptors (Lipinski definition) is 4. The number of nitrogens with zero attached hydrogens (tertiary/aromatic N) is 1. The van der Waals surface area contributed by atoms with Gasteiger partial charge in [0.15, 0.2) is 0 Å². The minimum atomic E-state index is -0.120. The molecule has 1 aromatic carbocycles. The Bertz CT molecular complexity index is 511. The molecular weight excluding hydrogens is 280 g/mol. The Balaban J connectivity index is 2.31. The summed E-state index contributed by atoms with van der Waals surface area (Å²) in [4.78, 5) is 14.4. The lowest BCUT2D eigenvalue weighted by molar-refractivity contribution is -0.0586. The normalized spacial score (nSPS) is 22.7. The lowest BCUT2D eigenvalue weighted by Crippen LogP contribution is -2.48. The molecule has 1 amide bonds. The molecule has 110 valence electrons. The van der Waals surface area contributed by atoms with Crippen molar-refractivity contribution in [2.45, 2.75) is 26.1 Å². The third-order valence-electron chi connectivity index (χ3n) is 3.26. The molecule has 1 saturated heterocycles. The Morgan fingerprint density at radius 2 is 2.00 bits per heavy atom. The fraction of sp³-hybridized carbons (Fsp3) is 0.500. The van der Waals surface area contributed by atoms with Crippen molar-refractivity contribution in [1.82, 2.24) is 4.90 Å². The second-order valence-electron chi connectivity index (χ2n) is 5.04. The molecule has 2 atom stereocenters. The van der Waals surface area contributed by atoms with Crippen molar-refractivity contribution in [3.63, 3.8) is 0 Å². The quantitative estimate of drug-likeness (QED) is 0.850. The molecule has 1 heterocycles. The van der Waals surface area contributed by atoms with Gasteiger partial charge in [-0.25, -0.2) is 0 Å². The number of amides is 1. The van der Waals surface area contributed by atoms with E-state index in [4.69, 9.17) is 26.8 Å². The summed E-state index contributed by atoms with van der Waals surface area (Å²) in [5.74, 6) is 0.314. The van der Waals surface area contributed by atoms with Crippen molar-refractivity contribution in [2.24, 2.45) is 0 Å². The topological polar surface area (TPSA) is 64.8 Å². The molecule has 0 aromatic heterocycles. The summed E-state index contributed by atoms with van der Waals surface area (Å²) in [5.41, 5.74) is 6.55. The van der Waals surface area contributed by atoms with E-state index < -0.39 is 0 Å². The Kier molecular flexibility index (Phi) is 4.40. The van der Waals surface area contributed by atoms with E-state index in [0.29, 0.717) is 35.1 Å². The Morgan fingerprint density at radius 1 is 1.40 bits per heavy atom. The van der Waals surface area contributed by atoms with Crippen LogP contribution in [0.25, 0.3) is 0 Å². The van der Waals surface area contributed by atoms with Crippen LogP contribution in [0.3, 0.4) is 0 Å². The highest BCUT2D eigenvalue weighted by molar-refractivity contribution is 6.33. The largest absolute Gasteiger partial charge is 0.496 e. The van der Waals surface area contributed by atoms with Crippen molar-refractivity contribution in [2.75, 3.05) is 25.9 Å². The monoisotopic (exact) mass is 298 g/mol. The molecule has 20 heavy (non-hydrogen) atoms. The van der Waals surface area contributed by atoms with Crippen molar-refractivity contribution in [3.05, 3.63) is 22.7 Å². The number of nitrogens with two attached hydrogens (primary N) is 1. The predicted molar refractivity (Wildman–Crippen MR) is 78.3 cm³/mol. The SMILES string of the molecule is COc1cc(N)c(Cl)cc1C(=O)N1CC(C)OC(C)C1. The predicted octanol–water partition coefficient (Wildman–Crippen LogP) is 2.18. The Labute approximate surface area is 123 Å². The molecule has 0 aliphatic carbocycles. The van der Waals surface area contributed by atoms with E-state index in [1.165, 1.54) is 7.11 Å². The van der Waals surface area contributed by atoms with Gasteiger partial charge >= 0.3 is 0 Å². The fourth-order valence-electron chi connectivity index (χ4n) is 2.42. The molecular formula is C14H19ClN2O3. The van der Waals surface area contributed by atoms with Crippen LogP contribution in [0.5, 0.6) is 5.75 Å². The standard InChI is InChI=1S/C14H19ClN2O3/c1-8-6-17(7-9(2)20-8)14(18)10-4-11(15)12(16)5-13(10)19-3/h4-5,8-9H,6-7,16H2,1-3H3. The lowest BCUT2D eigenvalue weighted by Gasteiger charge is -2.35. The highest BCUT2D eigenvalue weighted by Crippen LogP contribution is 2.30. The first-order chi connectivity index (χ1) is 9.42. The molecule has 5 nitrogen and oxygen atoms in total. The number of hydrogen-bond donors (Lipinski definition) is 1.